The van der Waals surface area contributed by atoms with Crippen molar-refractivity contribution in [3.8, 4) is 0 Å². The first-order valence-electron chi connectivity index (χ1n) is 5.30. The maximum absolute atomic E-state index is 6.11. The first kappa shape index (κ1) is 8.75. The third-order valence-corrected chi connectivity index (χ3v) is 3.78. The Morgan fingerprint density at radius 2 is 2.00 bits per heavy atom. The van der Waals surface area contributed by atoms with Crippen LogP contribution in [0.2, 0.25) is 5.02 Å². The zero-order valence-electron chi connectivity index (χ0n) is 8.04. The summed E-state index contributed by atoms with van der Waals surface area (Å²) in [6.07, 6.45) is 3.90. The summed E-state index contributed by atoms with van der Waals surface area (Å²) in [6, 6.07) is 6.43. The highest BCUT2D eigenvalue weighted by Crippen LogP contribution is 2.52. The minimum atomic E-state index is 0.217. The summed E-state index contributed by atoms with van der Waals surface area (Å²) in [5.74, 6) is 1.63. The molecule has 1 aromatic carbocycles. The van der Waals surface area contributed by atoms with Crippen LogP contribution < -0.4 is 5.73 Å². The van der Waals surface area contributed by atoms with E-state index in [-0.39, 0.29) is 6.04 Å². The van der Waals surface area contributed by atoms with E-state index in [0.29, 0.717) is 0 Å². The van der Waals surface area contributed by atoms with Gasteiger partial charge in [-0.1, -0.05) is 17.7 Å². The Kier molecular flexibility index (Phi) is 1.86. The van der Waals surface area contributed by atoms with Crippen LogP contribution in [0.25, 0.3) is 0 Å². The van der Waals surface area contributed by atoms with Gasteiger partial charge in [0.2, 0.25) is 0 Å². The topological polar surface area (TPSA) is 26.0 Å². The van der Waals surface area contributed by atoms with Crippen LogP contribution in [0.4, 0.5) is 0 Å². The highest BCUT2D eigenvalue weighted by Gasteiger charge is 2.39. The molecule has 3 rings (SSSR count). The minimum Gasteiger partial charge on any atom is -0.324 e. The molecule has 2 atom stereocenters. The monoisotopic (exact) mass is 207 g/mol. The normalized spacial score (nSPS) is 30.4. The van der Waals surface area contributed by atoms with Crippen molar-refractivity contribution in [3.63, 3.8) is 0 Å². The van der Waals surface area contributed by atoms with Crippen LogP contribution in [0.1, 0.15) is 42.3 Å². The first-order valence-corrected chi connectivity index (χ1v) is 5.68. The summed E-state index contributed by atoms with van der Waals surface area (Å²) in [5, 5.41) is 0.815. The molecule has 1 nitrogen and oxygen atoms in total. The molecular formula is C12H14ClN. The van der Waals surface area contributed by atoms with Crippen molar-refractivity contribution in [2.24, 2.45) is 11.7 Å². The lowest BCUT2D eigenvalue weighted by molar-refractivity contribution is 0.550. The number of benzene rings is 1. The van der Waals surface area contributed by atoms with Crippen LogP contribution in [0.5, 0.6) is 0 Å². The van der Waals surface area contributed by atoms with Crippen molar-refractivity contribution in [2.75, 3.05) is 0 Å². The molecule has 2 unspecified atom stereocenters. The van der Waals surface area contributed by atoms with E-state index in [1.807, 2.05) is 12.1 Å². The summed E-state index contributed by atoms with van der Waals surface area (Å²) >= 11 is 5.98. The quantitative estimate of drug-likeness (QED) is 0.752. The Morgan fingerprint density at radius 1 is 1.21 bits per heavy atom. The summed E-state index contributed by atoms with van der Waals surface area (Å²) in [7, 11) is 0. The molecule has 0 heterocycles. The lowest BCUT2D eigenvalue weighted by Gasteiger charge is -2.08. The number of hydrogen-bond acceptors (Lipinski definition) is 1. The summed E-state index contributed by atoms with van der Waals surface area (Å²) < 4.78 is 0. The molecule has 0 bridgehead atoms. The molecule has 14 heavy (non-hydrogen) atoms. The molecule has 0 amide bonds. The van der Waals surface area contributed by atoms with Crippen molar-refractivity contribution in [2.45, 2.75) is 31.2 Å². The molecule has 1 fully saturated rings. The molecule has 2 aliphatic rings. The van der Waals surface area contributed by atoms with Crippen molar-refractivity contribution in [3.05, 3.63) is 34.3 Å². The molecule has 0 aromatic heterocycles. The van der Waals surface area contributed by atoms with E-state index in [1.54, 1.807) is 0 Å². The average molecular weight is 208 g/mol. The third kappa shape index (κ3) is 1.27. The van der Waals surface area contributed by atoms with Gasteiger partial charge in [0.1, 0.15) is 0 Å². The van der Waals surface area contributed by atoms with E-state index in [2.05, 4.69) is 6.07 Å². The number of rotatable bonds is 1. The molecule has 1 aromatic rings. The Labute approximate surface area is 89.3 Å². The Bertz CT molecular complexity index is 371. The molecule has 0 spiro atoms. The molecule has 1 saturated carbocycles. The van der Waals surface area contributed by atoms with E-state index < -0.39 is 0 Å². The van der Waals surface area contributed by atoms with Crippen LogP contribution in [0.3, 0.4) is 0 Å². The lowest BCUT2D eigenvalue weighted by atomic mass is 9.96. The number of halogens is 1. The average Bonchev–Trinajstić information content (AvgIpc) is 2.94. The largest absolute Gasteiger partial charge is 0.324 e. The Balaban J connectivity index is 2.04. The van der Waals surface area contributed by atoms with Gasteiger partial charge in [0, 0.05) is 11.1 Å². The van der Waals surface area contributed by atoms with Gasteiger partial charge in [0.25, 0.3) is 0 Å². The Morgan fingerprint density at radius 3 is 2.71 bits per heavy atom. The third-order valence-electron chi connectivity index (χ3n) is 3.55. The van der Waals surface area contributed by atoms with Crippen molar-refractivity contribution in [1.29, 1.82) is 0 Å². The minimum absolute atomic E-state index is 0.217. The summed E-state index contributed by atoms with van der Waals surface area (Å²) in [5.41, 5.74) is 8.86. The maximum atomic E-state index is 6.11. The lowest BCUT2D eigenvalue weighted by Crippen LogP contribution is -2.05. The van der Waals surface area contributed by atoms with Crippen LogP contribution in [0.15, 0.2) is 18.2 Å². The second-order valence-electron chi connectivity index (χ2n) is 4.56. The van der Waals surface area contributed by atoms with E-state index in [4.69, 9.17) is 17.3 Å². The van der Waals surface area contributed by atoms with E-state index in [9.17, 15) is 0 Å². The summed E-state index contributed by atoms with van der Waals surface area (Å²) in [6.45, 7) is 0. The number of nitrogens with two attached hydrogens (primary N) is 1. The van der Waals surface area contributed by atoms with Gasteiger partial charge in [-0.05, 0) is 54.4 Å². The van der Waals surface area contributed by atoms with Crippen LogP contribution in [0, 0.1) is 5.92 Å². The molecule has 0 aliphatic heterocycles. The highest BCUT2D eigenvalue weighted by molar-refractivity contribution is 6.30. The van der Waals surface area contributed by atoms with Gasteiger partial charge in [-0.2, -0.15) is 0 Å². The maximum Gasteiger partial charge on any atom is 0.0409 e. The molecule has 0 saturated heterocycles. The molecule has 2 N–H and O–H groups in total. The van der Waals surface area contributed by atoms with Crippen molar-refractivity contribution in [1.82, 2.24) is 0 Å². The van der Waals surface area contributed by atoms with E-state index in [1.165, 1.54) is 24.0 Å². The van der Waals surface area contributed by atoms with Gasteiger partial charge >= 0.3 is 0 Å². The second-order valence-corrected chi connectivity index (χ2v) is 5.00. The van der Waals surface area contributed by atoms with Gasteiger partial charge in [0.05, 0.1) is 0 Å². The van der Waals surface area contributed by atoms with Crippen LogP contribution in [-0.2, 0) is 0 Å². The van der Waals surface area contributed by atoms with Crippen molar-refractivity contribution >= 4 is 11.6 Å². The fourth-order valence-electron chi connectivity index (χ4n) is 2.68. The van der Waals surface area contributed by atoms with Gasteiger partial charge in [-0.3, -0.25) is 0 Å². The number of fused-ring (bicyclic) bond motifs is 1. The molecule has 74 valence electrons. The van der Waals surface area contributed by atoms with E-state index >= 15 is 0 Å². The Hall–Kier alpha value is -0.530. The highest BCUT2D eigenvalue weighted by atomic mass is 35.5. The van der Waals surface area contributed by atoms with Crippen LogP contribution in [-0.4, -0.2) is 0 Å². The predicted octanol–water partition coefficient (Wildman–Crippen LogP) is 3.24. The fourth-order valence-corrected chi connectivity index (χ4v) is 2.86. The first-order chi connectivity index (χ1) is 6.75. The molecular weight excluding hydrogens is 194 g/mol. The summed E-state index contributed by atoms with van der Waals surface area (Å²) in [4.78, 5) is 0. The van der Waals surface area contributed by atoms with Gasteiger partial charge in [-0.15, -0.1) is 0 Å². The van der Waals surface area contributed by atoms with Gasteiger partial charge in [0.15, 0.2) is 0 Å². The zero-order chi connectivity index (χ0) is 9.71. The SMILES string of the molecule is NC1CC(C2CC2)c2ccc(Cl)cc21. The van der Waals surface area contributed by atoms with E-state index in [0.717, 1.165) is 23.3 Å². The molecule has 0 radical (unpaired) electrons. The van der Waals surface area contributed by atoms with Gasteiger partial charge < -0.3 is 5.73 Å². The molecule has 2 heteroatoms. The fraction of sp³-hybridized carbons (Fsp3) is 0.500. The van der Waals surface area contributed by atoms with Crippen LogP contribution >= 0.6 is 11.6 Å². The number of hydrogen-bond donors (Lipinski definition) is 1. The smallest absolute Gasteiger partial charge is 0.0409 e. The van der Waals surface area contributed by atoms with Crippen molar-refractivity contribution < 1.29 is 0 Å². The molecule has 2 aliphatic carbocycles. The zero-order valence-corrected chi connectivity index (χ0v) is 8.80. The standard InChI is InChI=1S/C12H14ClN/c13-8-3-4-9-10(7-1-2-7)6-12(14)11(9)5-8/h3-5,7,10,12H,1-2,6,14H2. The van der Waals surface area contributed by atoms with Gasteiger partial charge in [-0.25, -0.2) is 0 Å². The second kappa shape index (κ2) is 2.98. The predicted molar refractivity (Wildman–Crippen MR) is 58.5 cm³/mol.